The third-order valence-electron chi connectivity index (χ3n) is 5.57. The Bertz CT molecular complexity index is 846. The van der Waals surface area contributed by atoms with Crippen LogP contribution in [0.2, 0.25) is 0 Å². The molecule has 0 spiro atoms. The maximum Gasteiger partial charge on any atom is 0.341 e. The SMILES string of the molecule is Cc1ccc(-n2cc(C(=O)O)c(N(C(=O)[C@H]3CC[C@H](C)CC3)C(C)C)n2)cc1. The average Bonchev–Trinajstić information content (AvgIpc) is 3.07. The van der Waals surface area contributed by atoms with Crippen LogP contribution >= 0.6 is 0 Å². The van der Waals surface area contributed by atoms with Crippen molar-refractivity contribution in [1.82, 2.24) is 9.78 Å². The van der Waals surface area contributed by atoms with E-state index >= 15 is 0 Å². The second-order valence-electron chi connectivity index (χ2n) is 8.21. The summed E-state index contributed by atoms with van der Waals surface area (Å²) in [5.74, 6) is -0.286. The highest BCUT2D eigenvalue weighted by Gasteiger charge is 2.34. The summed E-state index contributed by atoms with van der Waals surface area (Å²) in [5, 5.41) is 14.3. The lowest BCUT2D eigenvalue weighted by atomic mass is 9.82. The molecule has 0 atom stereocenters. The van der Waals surface area contributed by atoms with Gasteiger partial charge < -0.3 is 5.11 Å². The van der Waals surface area contributed by atoms with E-state index in [0.29, 0.717) is 5.92 Å². The van der Waals surface area contributed by atoms with Gasteiger partial charge in [0.15, 0.2) is 5.82 Å². The summed E-state index contributed by atoms with van der Waals surface area (Å²) in [6.45, 7) is 8.01. The number of benzene rings is 1. The molecule has 0 bridgehead atoms. The second-order valence-corrected chi connectivity index (χ2v) is 8.21. The Morgan fingerprint density at radius 3 is 2.29 bits per heavy atom. The van der Waals surface area contributed by atoms with Gasteiger partial charge in [-0.05, 0) is 64.5 Å². The number of aromatic carboxylic acids is 1. The van der Waals surface area contributed by atoms with Gasteiger partial charge in [-0.25, -0.2) is 9.48 Å². The topological polar surface area (TPSA) is 75.4 Å². The minimum Gasteiger partial charge on any atom is -0.477 e. The van der Waals surface area contributed by atoms with Crippen molar-refractivity contribution in [1.29, 1.82) is 0 Å². The number of nitrogens with zero attached hydrogens (tertiary/aromatic N) is 3. The van der Waals surface area contributed by atoms with E-state index in [-0.39, 0.29) is 29.2 Å². The van der Waals surface area contributed by atoms with Crippen molar-refractivity contribution in [3.8, 4) is 5.69 Å². The summed E-state index contributed by atoms with van der Waals surface area (Å²) in [6, 6.07) is 7.51. The van der Waals surface area contributed by atoms with Gasteiger partial charge in [0, 0.05) is 18.2 Å². The number of carboxylic acid groups (broad SMARTS) is 1. The summed E-state index contributed by atoms with van der Waals surface area (Å²) in [6.07, 6.45) is 5.26. The van der Waals surface area contributed by atoms with Gasteiger partial charge in [0.2, 0.25) is 5.91 Å². The number of amides is 1. The Balaban J connectivity index is 1.99. The molecule has 1 aliphatic rings. The number of carbonyl (C=O) groups excluding carboxylic acids is 1. The van der Waals surface area contributed by atoms with Crippen LogP contribution in [0.1, 0.15) is 62.4 Å². The Morgan fingerprint density at radius 1 is 1.14 bits per heavy atom. The van der Waals surface area contributed by atoms with Crippen LogP contribution < -0.4 is 4.90 Å². The quantitative estimate of drug-likeness (QED) is 0.828. The van der Waals surface area contributed by atoms with Crippen molar-refractivity contribution in [2.75, 3.05) is 4.90 Å². The maximum absolute atomic E-state index is 13.3. The van der Waals surface area contributed by atoms with Gasteiger partial charge in [0.05, 0.1) is 5.69 Å². The van der Waals surface area contributed by atoms with Gasteiger partial charge >= 0.3 is 5.97 Å². The molecule has 0 radical (unpaired) electrons. The highest BCUT2D eigenvalue weighted by molar-refractivity contribution is 6.01. The molecule has 1 saturated carbocycles. The normalized spacial score (nSPS) is 19.6. The van der Waals surface area contributed by atoms with Crippen molar-refractivity contribution >= 4 is 17.7 Å². The second kappa shape index (κ2) is 8.17. The molecule has 6 heteroatoms. The minimum atomic E-state index is -1.08. The van der Waals surface area contributed by atoms with Crippen LogP contribution in [0.5, 0.6) is 0 Å². The first-order valence-corrected chi connectivity index (χ1v) is 10.0. The average molecular weight is 383 g/mol. The lowest BCUT2D eigenvalue weighted by molar-refractivity contribution is -0.123. The van der Waals surface area contributed by atoms with Crippen molar-refractivity contribution in [3.05, 3.63) is 41.6 Å². The lowest BCUT2D eigenvalue weighted by Crippen LogP contribution is -2.43. The number of hydrogen-bond acceptors (Lipinski definition) is 3. The summed E-state index contributed by atoms with van der Waals surface area (Å²) < 4.78 is 1.55. The molecule has 1 aromatic carbocycles. The van der Waals surface area contributed by atoms with E-state index in [4.69, 9.17) is 0 Å². The van der Waals surface area contributed by atoms with Crippen LogP contribution in [-0.2, 0) is 4.79 Å². The molecular formula is C22H29N3O3. The van der Waals surface area contributed by atoms with Crippen LogP contribution in [0.15, 0.2) is 30.5 Å². The first kappa shape index (κ1) is 20.1. The molecule has 1 aromatic heterocycles. The summed E-state index contributed by atoms with van der Waals surface area (Å²) in [5.41, 5.74) is 1.92. The molecule has 1 amide bonds. The van der Waals surface area contributed by atoms with Crippen LogP contribution in [0.3, 0.4) is 0 Å². The fraction of sp³-hybridized carbons (Fsp3) is 0.500. The van der Waals surface area contributed by atoms with Crippen molar-refractivity contribution < 1.29 is 14.7 Å². The van der Waals surface area contributed by atoms with Gasteiger partial charge in [-0.3, -0.25) is 9.69 Å². The number of rotatable bonds is 5. The molecule has 1 aliphatic carbocycles. The standard InChI is InChI=1S/C22H29N3O3/c1-14(2)25(21(26)17-9-5-15(3)6-10-17)20-19(22(27)28)13-24(23-20)18-11-7-16(4)8-12-18/h7-8,11-15,17H,5-6,9-10H2,1-4H3,(H,27,28)/t15-,17-. The molecule has 28 heavy (non-hydrogen) atoms. The molecule has 2 aromatic rings. The van der Waals surface area contributed by atoms with E-state index in [9.17, 15) is 14.7 Å². The molecule has 1 N–H and O–H groups in total. The molecule has 6 nitrogen and oxygen atoms in total. The predicted molar refractivity (Wildman–Crippen MR) is 109 cm³/mol. The van der Waals surface area contributed by atoms with E-state index < -0.39 is 5.97 Å². The fourth-order valence-electron chi connectivity index (χ4n) is 3.83. The Kier molecular flexibility index (Phi) is 5.87. The zero-order valence-electron chi connectivity index (χ0n) is 17.1. The Labute approximate surface area is 166 Å². The summed E-state index contributed by atoms with van der Waals surface area (Å²) in [4.78, 5) is 26.8. The number of carbonyl (C=O) groups is 2. The van der Waals surface area contributed by atoms with Gasteiger partial charge in [-0.2, -0.15) is 0 Å². The maximum atomic E-state index is 13.3. The minimum absolute atomic E-state index is 0.0152. The molecule has 1 heterocycles. The third-order valence-corrected chi connectivity index (χ3v) is 5.57. The van der Waals surface area contributed by atoms with E-state index in [0.717, 1.165) is 36.9 Å². The molecule has 1 fully saturated rings. The van der Waals surface area contributed by atoms with E-state index in [1.807, 2.05) is 45.0 Å². The highest BCUT2D eigenvalue weighted by Crippen LogP contribution is 2.32. The summed E-state index contributed by atoms with van der Waals surface area (Å²) >= 11 is 0. The van der Waals surface area contributed by atoms with Crippen molar-refractivity contribution in [2.24, 2.45) is 11.8 Å². The first-order valence-electron chi connectivity index (χ1n) is 10.0. The highest BCUT2D eigenvalue weighted by atomic mass is 16.4. The van der Waals surface area contributed by atoms with Gasteiger partial charge in [-0.15, -0.1) is 5.10 Å². The number of anilines is 1. The van der Waals surface area contributed by atoms with Crippen molar-refractivity contribution in [2.45, 2.75) is 59.4 Å². The predicted octanol–water partition coefficient (Wildman–Crippen LogP) is 4.45. The molecule has 0 saturated heterocycles. The molecule has 0 unspecified atom stereocenters. The first-order chi connectivity index (χ1) is 13.3. The van der Waals surface area contributed by atoms with Gasteiger partial charge in [0.1, 0.15) is 5.56 Å². The summed E-state index contributed by atoms with van der Waals surface area (Å²) in [7, 11) is 0. The van der Waals surface area contributed by atoms with Gasteiger partial charge in [-0.1, -0.05) is 24.6 Å². The fourth-order valence-corrected chi connectivity index (χ4v) is 3.83. The lowest BCUT2D eigenvalue weighted by Gasteiger charge is -2.32. The zero-order valence-corrected chi connectivity index (χ0v) is 17.1. The Morgan fingerprint density at radius 2 is 1.75 bits per heavy atom. The van der Waals surface area contributed by atoms with Crippen LogP contribution in [0, 0.1) is 18.8 Å². The number of aryl methyl sites for hydroxylation is 1. The number of aromatic nitrogens is 2. The monoisotopic (exact) mass is 383 g/mol. The third kappa shape index (κ3) is 4.11. The van der Waals surface area contributed by atoms with E-state index in [2.05, 4.69) is 12.0 Å². The zero-order chi connectivity index (χ0) is 20.4. The van der Waals surface area contributed by atoms with Crippen LogP contribution in [-0.4, -0.2) is 32.8 Å². The molecule has 150 valence electrons. The Hall–Kier alpha value is -2.63. The smallest absolute Gasteiger partial charge is 0.341 e. The van der Waals surface area contributed by atoms with Crippen molar-refractivity contribution in [3.63, 3.8) is 0 Å². The molecular weight excluding hydrogens is 354 g/mol. The van der Waals surface area contributed by atoms with Gasteiger partial charge in [0.25, 0.3) is 0 Å². The number of carboxylic acids is 1. The van der Waals surface area contributed by atoms with E-state index in [1.165, 1.54) is 6.20 Å². The van der Waals surface area contributed by atoms with Crippen LogP contribution in [0.4, 0.5) is 5.82 Å². The van der Waals surface area contributed by atoms with E-state index in [1.54, 1.807) is 9.58 Å². The largest absolute Gasteiger partial charge is 0.477 e. The molecule has 0 aliphatic heterocycles. The number of hydrogen-bond donors (Lipinski definition) is 1. The van der Waals surface area contributed by atoms with Crippen LogP contribution in [0.25, 0.3) is 5.69 Å². The molecule has 3 rings (SSSR count).